The number of halogens is 1. The number of hydrogen-bond acceptors (Lipinski definition) is 3. The lowest BCUT2D eigenvalue weighted by atomic mass is 10.2. The molecule has 0 spiro atoms. The number of rotatable bonds is 8. The number of hydrogen-bond donors (Lipinski definition) is 2. The molecule has 5 heteroatoms. The first-order valence-electron chi connectivity index (χ1n) is 7.60. The highest BCUT2D eigenvalue weighted by atomic mass is 19.1. The fourth-order valence-corrected chi connectivity index (χ4v) is 2.30. The van der Waals surface area contributed by atoms with Crippen LogP contribution in [0.4, 0.5) is 10.1 Å². The summed E-state index contributed by atoms with van der Waals surface area (Å²) in [6.07, 6.45) is 0.281. The van der Waals surface area contributed by atoms with Gasteiger partial charge in [-0.15, -0.1) is 0 Å². The topological polar surface area (TPSA) is 52.6 Å². The van der Waals surface area contributed by atoms with Crippen LogP contribution in [0.1, 0.15) is 12.0 Å². The molecule has 1 amide bonds. The van der Waals surface area contributed by atoms with E-state index in [-0.39, 0.29) is 24.8 Å². The SMILES string of the molecule is O=C(CCN(CCO)Cc1ccccc1)Nc1cccc(F)c1. The van der Waals surface area contributed by atoms with Gasteiger partial charge in [-0.2, -0.15) is 0 Å². The first kappa shape index (κ1) is 17.1. The number of carbonyl (C=O) groups is 1. The Bertz CT molecular complexity index is 619. The van der Waals surface area contributed by atoms with Gasteiger partial charge in [0.15, 0.2) is 0 Å². The quantitative estimate of drug-likeness (QED) is 0.787. The molecule has 2 aromatic rings. The van der Waals surface area contributed by atoms with Crippen LogP contribution in [-0.2, 0) is 11.3 Å². The van der Waals surface area contributed by atoms with Crippen LogP contribution in [0.3, 0.4) is 0 Å². The van der Waals surface area contributed by atoms with Gasteiger partial charge in [0, 0.05) is 31.7 Å². The molecular weight excluding hydrogens is 295 g/mol. The average molecular weight is 316 g/mol. The standard InChI is InChI=1S/C18H21FN2O2/c19-16-7-4-8-17(13-16)20-18(23)9-10-21(11-12-22)14-15-5-2-1-3-6-15/h1-8,13,22H,9-12,14H2,(H,20,23). The van der Waals surface area contributed by atoms with E-state index in [0.29, 0.717) is 25.3 Å². The van der Waals surface area contributed by atoms with Crippen molar-refractivity contribution < 1.29 is 14.3 Å². The van der Waals surface area contributed by atoms with Gasteiger partial charge in [-0.1, -0.05) is 36.4 Å². The van der Waals surface area contributed by atoms with Crippen LogP contribution in [0.25, 0.3) is 0 Å². The van der Waals surface area contributed by atoms with Gasteiger partial charge in [0.1, 0.15) is 5.82 Å². The van der Waals surface area contributed by atoms with Crippen LogP contribution in [0.5, 0.6) is 0 Å². The van der Waals surface area contributed by atoms with Gasteiger partial charge >= 0.3 is 0 Å². The van der Waals surface area contributed by atoms with E-state index in [2.05, 4.69) is 5.32 Å². The summed E-state index contributed by atoms with van der Waals surface area (Å²) in [5.74, 6) is -0.555. The molecule has 23 heavy (non-hydrogen) atoms. The second-order valence-electron chi connectivity index (χ2n) is 5.29. The van der Waals surface area contributed by atoms with Crippen molar-refractivity contribution in [2.75, 3.05) is 25.0 Å². The van der Waals surface area contributed by atoms with Crippen LogP contribution in [-0.4, -0.2) is 35.6 Å². The second kappa shape index (κ2) is 9.02. The van der Waals surface area contributed by atoms with E-state index in [0.717, 1.165) is 5.56 Å². The summed E-state index contributed by atoms with van der Waals surface area (Å²) in [5, 5.41) is 11.8. The van der Waals surface area contributed by atoms with Crippen molar-refractivity contribution >= 4 is 11.6 Å². The number of benzene rings is 2. The van der Waals surface area contributed by atoms with Gasteiger partial charge in [-0.25, -0.2) is 4.39 Å². The Morgan fingerprint density at radius 2 is 1.87 bits per heavy atom. The lowest BCUT2D eigenvalue weighted by molar-refractivity contribution is -0.116. The van der Waals surface area contributed by atoms with Crippen molar-refractivity contribution in [3.8, 4) is 0 Å². The Labute approximate surface area is 135 Å². The summed E-state index contributed by atoms with van der Waals surface area (Å²) in [5.41, 5.74) is 1.58. The van der Waals surface area contributed by atoms with E-state index in [1.165, 1.54) is 12.1 Å². The molecule has 0 atom stereocenters. The molecule has 0 unspecified atom stereocenters. The van der Waals surface area contributed by atoms with Crippen molar-refractivity contribution in [2.24, 2.45) is 0 Å². The molecule has 0 aliphatic rings. The Kier molecular flexibility index (Phi) is 6.72. The summed E-state index contributed by atoms with van der Waals surface area (Å²) in [6, 6.07) is 15.7. The average Bonchev–Trinajstić information content (AvgIpc) is 2.54. The Morgan fingerprint density at radius 3 is 2.57 bits per heavy atom. The number of carbonyl (C=O) groups excluding carboxylic acids is 1. The predicted molar refractivity (Wildman–Crippen MR) is 88.5 cm³/mol. The highest BCUT2D eigenvalue weighted by Gasteiger charge is 2.09. The van der Waals surface area contributed by atoms with Crippen molar-refractivity contribution in [2.45, 2.75) is 13.0 Å². The number of amides is 1. The van der Waals surface area contributed by atoms with E-state index in [1.807, 2.05) is 35.2 Å². The first-order valence-corrected chi connectivity index (χ1v) is 7.60. The van der Waals surface area contributed by atoms with Crippen LogP contribution < -0.4 is 5.32 Å². The van der Waals surface area contributed by atoms with E-state index >= 15 is 0 Å². The Balaban J connectivity index is 1.84. The van der Waals surface area contributed by atoms with Gasteiger partial charge in [-0.3, -0.25) is 9.69 Å². The molecule has 0 radical (unpaired) electrons. The van der Waals surface area contributed by atoms with Gasteiger partial charge in [0.05, 0.1) is 6.61 Å². The van der Waals surface area contributed by atoms with E-state index in [9.17, 15) is 9.18 Å². The normalized spacial score (nSPS) is 10.7. The summed E-state index contributed by atoms with van der Waals surface area (Å²) < 4.78 is 13.1. The molecule has 122 valence electrons. The second-order valence-corrected chi connectivity index (χ2v) is 5.29. The third kappa shape index (κ3) is 6.18. The van der Waals surface area contributed by atoms with Crippen molar-refractivity contribution in [1.29, 1.82) is 0 Å². The van der Waals surface area contributed by atoms with Gasteiger partial charge in [-0.05, 0) is 23.8 Å². The monoisotopic (exact) mass is 316 g/mol. The minimum atomic E-state index is -0.381. The zero-order valence-electron chi connectivity index (χ0n) is 12.9. The minimum absolute atomic E-state index is 0.0400. The Hall–Kier alpha value is -2.24. The number of nitrogens with one attached hydrogen (secondary N) is 1. The molecule has 0 saturated heterocycles. The van der Waals surface area contributed by atoms with Crippen molar-refractivity contribution in [1.82, 2.24) is 4.90 Å². The van der Waals surface area contributed by atoms with Crippen molar-refractivity contribution in [3.05, 3.63) is 66.0 Å². The summed E-state index contributed by atoms with van der Waals surface area (Å²) >= 11 is 0. The molecule has 0 saturated carbocycles. The third-order valence-corrected chi connectivity index (χ3v) is 3.43. The number of aliphatic hydroxyl groups is 1. The number of nitrogens with zero attached hydrogens (tertiary/aromatic N) is 1. The molecule has 0 aliphatic carbocycles. The number of anilines is 1. The van der Waals surface area contributed by atoms with Gasteiger partial charge in [0.2, 0.25) is 5.91 Å². The summed E-state index contributed by atoms with van der Waals surface area (Å²) in [7, 11) is 0. The van der Waals surface area contributed by atoms with Crippen LogP contribution >= 0.6 is 0 Å². The van der Waals surface area contributed by atoms with Gasteiger partial charge in [0.25, 0.3) is 0 Å². The molecule has 0 fully saturated rings. The van der Waals surface area contributed by atoms with E-state index in [4.69, 9.17) is 5.11 Å². The molecule has 4 nitrogen and oxygen atoms in total. The zero-order valence-corrected chi connectivity index (χ0v) is 12.9. The highest BCUT2D eigenvalue weighted by molar-refractivity contribution is 5.90. The third-order valence-electron chi connectivity index (χ3n) is 3.43. The maximum Gasteiger partial charge on any atom is 0.225 e. The first-order chi connectivity index (χ1) is 11.2. The lowest BCUT2D eigenvalue weighted by Gasteiger charge is -2.21. The van der Waals surface area contributed by atoms with Gasteiger partial charge < -0.3 is 10.4 Å². The smallest absolute Gasteiger partial charge is 0.225 e. The van der Waals surface area contributed by atoms with E-state index < -0.39 is 0 Å². The maximum atomic E-state index is 13.1. The molecule has 0 aliphatic heterocycles. The summed E-state index contributed by atoms with van der Waals surface area (Å²) in [6.45, 7) is 1.74. The van der Waals surface area contributed by atoms with Crippen molar-refractivity contribution in [3.63, 3.8) is 0 Å². The molecule has 2 aromatic carbocycles. The van der Waals surface area contributed by atoms with E-state index in [1.54, 1.807) is 12.1 Å². The highest BCUT2D eigenvalue weighted by Crippen LogP contribution is 2.10. The molecule has 0 heterocycles. The zero-order chi connectivity index (χ0) is 16.5. The fourth-order valence-electron chi connectivity index (χ4n) is 2.30. The van der Waals surface area contributed by atoms with Crippen LogP contribution in [0.2, 0.25) is 0 Å². The summed E-state index contributed by atoms with van der Waals surface area (Å²) in [4.78, 5) is 14.0. The predicted octanol–water partition coefficient (Wildman–Crippen LogP) is 2.65. The molecule has 2 N–H and O–H groups in total. The largest absolute Gasteiger partial charge is 0.395 e. The fraction of sp³-hybridized carbons (Fsp3) is 0.278. The maximum absolute atomic E-state index is 13.1. The minimum Gasteiger partial charge on any atom is -0.395 e. The molecule has 2 rings (SSSR count). The molecule has 0 aromatic heterocycles. The molecule has 0 bridgehead atoms. The Morgan fingerprint density at radius 1 is 1.09 bits per heavy atom. The lowest BCUT2D eigenvalue weighted by Crippen LogP contribution is -2.30. The molecular formula is C18H21FN2O2. The van der Waals surface area contributed by atoms with Crippen LogP contribution in [0.15, 0.2) is 54.6 Å². The number of aliphatic hydroxyl groups excluding tert-OH is 1. The van der Waals surface area contributed by atoms with Crippen LogP contribution in [0, 0.1) is 5.82 Å².